The highest BCUT2D eigenvalue weighted by Gasteiger charge is 2.17. The van der Waals surface area contributed by atoms with Crippen molar-refractivity contribution in [1.82, 2.24) is 29.6 Å². The van der Waals surface area contributed by atoms with E-state index in [1.165, 1.54) is 6.33 Å². The number of hydrogen-bond acceptors (Lipinski definition) is 5. The number of H-pyrrole nitrogens is 1. The van der Waals surface area contributed by atoms with Crippen molar-refractivity contribution in [1.29, 1.82) is 0 Å². The van der Waals surface area contributed by atoms with Gasteiger partial charge in [-0.15, -0.1) is 0 Å². The molecule has 8 nitrogen and oxygen atoms in total. The maximum absolute atomic E-state index is 12.9. The Morgan fingerprint density at radius 3 is 2.62 bits per heavy atom. The molecule has 0 saturated heterocycles. The van der Waals surface area contributed by atoms with Gasteiger partial charge in [0.2, 0.25) is 5.91 Å². The number of para-hydroxylation sites is 1. The lowest BCUT2D eigenvalue weighted by atomic mass is 10.2. The van der Waals surface area contributed by atoms with Gasteiger partial charge in [0.05, 0.1) is 24.0 Å². The fourth-order valence-electron chi connectivity index (χ4n) is 3.14. The number of benzene rings is 2. The van der Waals surface area contributed by atoms with Gasteiger partial charge in [-0.1, -0.05) is 42.5 Å². The van der Waals surface area contributed by atoms with E-state index in [1.54, 1.807) is 34.1 Å². The third kappa shape index (κ3) is 4.55. The number of aromatic amines is 1. The number of nitrogens with one attached hydrogen (secondary N) is 1. The molecule has 29 heavy (non-hydrogen) atoms. The highest BCUT2D eigenvalue weighted by atomic mass is 16.2. The fraction of sp³-hybridized carbons (Fsp3) is 0.190. The Balaban J connectivity index is 1.57. The van der Waals surface area contributed by atoms with Crippen molar-refractivity contribution in [2.24, 2.45) is 0 Å². The number of amides is 1. The van der Waals surface area contributed by atoms with Crippen LogP contribution in [0.2, 0.25) is 0 Å². The molecule has 146 valence electrons. The summed E-state index contributed by atoms with van der Waals surface area (Å²) >= 11 is 0. The third-order valence-corrected chi connectivity index (χ3v) is 4.59. The molecule has 4 aromatic rings. The lowest BCUT2D eigenvalue weighted by Crippen LogP contribution is -2.32. The van der Waals surface area contributed by atoms with E-state index in [-0.39, 0.29) is 24.4 Å². The molecule has 2 aromatic heterocycles. The number of nitrogens with zero attached hydrogens (tertiary/aromatic N) is 5. The van der Waals surface area contributed by atoms with Gasteiger partial charge in [0.1, 0.15) is 18.5 Å². The number of aryl methyl sites for hydroxylation is 1. The van der Waals surface area contributed by atoms with Crippen LogP contribution in [0.4, 0.5) is 0 Å². The van der Waals surface area contributed by atoms with Crippen LogP contribution >= 0.6 is 0 Å². The second kappa shape index (κ2) is 8.47. The van der Waals surface area contributed by atoms with Crippen molar-refractivity contribution >= 4 is 16.8 Å². The first kappa shape index (κ1) is 18.5. The molecule has 0 bridgehead atoms. The lowest BCUT2D eigenvalue weighted by Gasteiger charge is -2.22. The van der Waals surface area contributed by atoms with Gasteiger partial charge in [-0.3, -0.25) is 14.3 Å². The van der Waals surface area contributed by atoms with E-state index in [4.69, 9.17) is 0 Å². The van der Waals surface area contributed by atoms with Crippen molar-refractivity contribution < 1.29 is 4.79 Å². The van der Waals surface area contributed by atoms with Crippen LogP contribution in [0, 0.1) is 0 Å². The quantitative estimate of drug-likeness (QED) is 0.523. The number of carbonyl (C=O) groups excluding carboxylic acids is 1. The standard InChI is InChI=1S/C21H20N6O2/c28-20(10-11-27-15-22-14-23-27)26(12-16-6-2-1-3-7-16)13-19-24-18-9-5-4-8-17(18)21(29)25-19/h1-9,14-15H,10-13H2,(H,24,25,29). The molecule has 0 aliphatic heterocycles. The minimum Gasteiger partial charge on any atom is -0.331 e. The first-order chi connectivity index (χ1) is 14.2. The van der Waals surface area contributed by atoms with Crippen molar-refractivity contribution in [2.45, 2.75) is 26.1 Å². The summed E-state index contributed by atoms with van der Waals surface area (Å²) in [5, 5.41) is 4.57. The highest BCUT2D eigenvalue weighted by Crippen LogP contribution is 2.12. The summed E-state index contributed by atoms with van der Waals surface area (Å²) in [6.07, 6.45) is 3.29. The van der Waals surface area contributed by atoms with Gasteiger partial charge < -0.3 is 9.88 Å². The Labute approximate surface area is 166 Å². The van der Waals surface area contributed by atoms with Gasteiger partial charge in [0, 0.05) is 13.0 Å². The average molecular weight is 388 g/mol. The van der Waals surface area contributed by atoms with Gasteiger partial charge in [0.25, 0.3) is 5.56 Å². The summed E-state index contributed by atoms with van der Waals surface area (Å²) in [4.78, 5) is 38.2. The summed E-state index contributed by atoms with van der Waals surface area (Å²) in [6.45, 7) is 1.07. The van der Waals surface area contributed by atoms with Crippen molar-refractivity contribution in [3.63, 3.8) is 0 Å². The zero-order valence-corrected chi connectivity index (χ0v) is 15.7. The Morgan fingerprint density at radius 2 is 1.83 bits per heavy atom. The van der Waals surface area contributed by atoms with E-state index in [0.717, 1.165) is 5.56 Å². The second-order valence-corrected chi connectivity index (χ2v) is 6.67. The van der Waals surface area contributed by atoms with Crippen LogP contribution in [-0.4, -0.2) is 35.5 Å². The van der Waals surface area contributed by atoms with Crippen LogP contribution in [-0.2, 0) is 24.4 Å². The van der Waals surface area contributed by atoms with Gasteiger partial charge in [-0.05, 0) is 17.7 Å². The Hall–Kier alpha value is -3.81. The van der Waals surface area contributed by atoms with E-state index in [0.29, 0.717) is 29.8 Å². The summed E-state index contributed by atoms with van der Waals surface area (Å²) in [5.41, 5.74) is 1.41. The van der Waals surface area contributed by atoms with Crippen LogP contribution in [0.1, 0.15) is 17.8 Å². The molecule has 0 fully saturated rings. The number of carbonyl (C=O) groups is 1. The molecular formula is C21H20N6O2. The zero-order chi connectivity index (χ0) is 20.1. The second-order valence-electron chi connectivity index (χ2n) is 6.67. The molecule has 1 amide bonds. The van der Waals surface area contributed by atoms with Gasteiger partial charge in [-0.25, -0.2) is 9.97 Å². The Morgan fingerprint density at radius 1 is 1.03 bits per heavy atom. The molecular weight excluding hydrogens is 368 g/mol. The van der Waals surface area contributed by atoms with Crippen LogP contribution in [0.15, 0.2) is 72.0 Å². The minimum absolute atomic E-state index is 0.0554. The zero-order valence-electron chi connectivity index (χ0n) is 15.7. The predicted octanol–water partition coefficient (Wildman–Crippen LogP) is 2.13. The van der Waals surface area contributed by atoms with Gasteiger partial charge in [0.15, 0.2) is 0 Å². The SMILES string of the molecule is O=C(CCn1cncn1)N(Cc1ccccc1)Cc1nc2ccccc2c(=O)[nH]1. The maximum Gasteiger partial charge on any atom is 0.258 e. The monoisotopic (exact) mass is 388 g/mol. The Kier molecular flexibility index (Phi) is 5.42. The smallest absolute Gasteiger partial charge is 0.258 e. The third-order valence-electron chi connectivity index (χ3n) is 4.59. The lowest BCUT2D eigenvalue weighted by molar-refractivity contribution is -0.132. The van der Waals surface area contributed by atoms with Crippen molar-refractivity contribution in [3.05, 3.63) is 89.0 Å². The van der Waals surface area contributed by atoms with Gasteiger partial charge >= 0.3 is 0 Å². The topological polar surface area (TPSA) is 96.8 Å². The molecule has 0 saturated carbocycles. The van der Waals surface area contributed by atoms with E-state index in [9.17, 15) is 9.59 Å². The molecule has 0 radical (unpaired) electrons. The number of rotatable bonds is 7. The van der Waals surface area contributed by atoms with Crippen LogP contribution < -0.4 is 5.56 Å². The summed E-state index contributed by atoms with van der Waals surface area (Å²) in [6, 6.07) is 16.9. The van der Waals surface area contributed by atoms with E-state index >= 15 is 0 Å². The molecule has 8 heteroatoms. The van der Waals surface area contributed by atoms with Crippen molar-refractivity contribution in [2.75, 3.05) is 0 Å². The number of fused-ring (bicyclic) bond motifs is 1. The number of aromatic nitrogens is 5. The molecule has 0 aliphatic carbocycles. The van der Waals surface area contributed by atoms with E-state index in [1.807, 2.05) is 36.4 Å². The van der Waals surface area contributed by atoms with Crippen LogP contribution in [0.5, 0.6) is 0 Å². The largest absolute Gasteiger partial charge is 0.331 e. The minimum atomic E-state index is -0.208. The molecule has 2 heterocycles. The predicted molar refractivity (Wildman–Crippen MR) is 108 cm³/mol. The molecule has 4 rings (SSSR count). The first-order valence-electron chi connectivity index (χ1n) is 9.31. The first-order valence-corrected chi connectivity index (χ1v) is 9.31. The van der Waals surface area contributed by atoms with Crippen LogP contribution in [0.25, 0.3) is 10.9 Å². The van der Waals surface area contributed by atoms with E-state index in [2.05, 4.69) is 20.1 Å². The van der Waals surface area contributed by atoms with E-state index < -0.39 is 0 Å². The molecule has 0 unspecified atom stereocenters. The average Bonchev–Trinajstić information content (AvgIpc) is 3.26. The molecule has 2 aromatic carbocycles. The molecule has 0 aliphatic rings. The summed E-state index contributed by atoms with van der Waals surface area (Å²) < 4.78 is 1.62. The molecule has 1 N–H and O–H groups in total. The number of hydrogen-bond donors (Lipinski definition) is 1. The summed E-state index contributed by atoms with van der Waals surface area (Å²) in [7, 11) is 0. The van der Waals surface area contributed by atoms with Crippen LogP contribution in [0.3, 0.4) is 0 Å². The van der Waals surface area contributed by atoms with Crippen molar-refractivity contribution in [3.8, 4) is 0 Å². The molecule has 0 atom stereocenters. The fourth-order valence-corrected chi connectivity index (χ4v) is 3.14. The van der Waals surface area contributed by atoms with Gasteiger partial charge in [-0.2, -0.15) is 5.10 Å². The summed E-state index contributed by atoms with van der Waals surface area (Å²) in [5.74, 6) is 0.402. The Bertz CT molecular complexity index is 1150. The normalized spacial score (nSPS) is 10.9. The molecule has 0 spiro atoms. The highest BCUT2D eigenvalue weighted by molar-refractivity contribution is 5.78. The maximum atomic E-state index is 12.9.